The molecular formula is C27H39N3O5S2. The van der Waals surface area contributed by atoms with Crippen molar-refractivity contribution < 1.29 is 24.0 Å². The molecule has 0 unspecified atom stereocenters. The fourth-order valence-electron chi connectivity index (χ4n) is 4.30. The van der Waals surface area contributed by atoms with Gasteiger partial charge in [-0.2, -0.15) is 11.8 Å². The quantitative estimate of drug-likeness (QED) is 0.401. The highest BCUT2D eigenvalue weighted by Gasteiger charge is 2.40. The van der Waals surface area contributed by atoms with E-state index in [1.807, 2.05) is 51.0 Å². The molecule has 0 aromatic heterocycles. The van der Waals surface area contributed by atoms with E-state index >= 15 is 0 Å². The molecule has 1 aromatic rings. The molecule has 1 saturated heterocycles. The van der Waals surface area contributed by atoms with E-state index < -0.39 is 17.7 Å². The molecule has 1 aliphatic carbocycles. The van der Waals surface area contributed by atoms with Crippen LogP contribution >= 0.6 is 23.5 Å². The molecule has 0 bridgehead atoms. The lowest BCUT2D eigenvalue weighted by molar-refractivity contribution is -0.214. The fraction of sp³-hybridized carbons (Fsp3) is 0.630. The van der Waals surface area contributed by atoms with Crippen molar-refractivity contribution in [2.24, 2.45) is 5.92 Å². The molecule has 2 amide bonds. The molecule has 0 spiro atoms. The maximum atomic E-state index is 13.3. The third kappa shape index (κ3) is 9.28. The highest BCUT2D eigenvalue weighted by Crippen LogP contribution is 2.33. The summed E-state index contributed by atoms with van der Waals surface area (Å²) in [7, 11) is 1.61. The number of thioether (sulfide) groups is 2. The van der Waals surface area contributed by atoms with E-state index in [0.29, 0.717) is 24.0 Å². The summed E-state index contributed by atoms with van der Waals surface area (Å²) >= 11 is 2.94. The maximum absolute atomic E-state index is 13.3. The Morgan fingerprint density at radius 1 is 1.19 bits per heavy atom. The first-order chi connectivity index (χ1) is 17.7. The minimum absolute atomic E-state index is 0.236. The number of hydrogen-bond donors (Lipinski definition) is 2. The van der Waals surface area contributed by atoms with Gasteiger partial charge >= 0.3 is 0 Å². The number of hydroxylamine groups is 2. The van der Waals surface area contributed by atoms with Gasteiger partial charge < -0.3 is 15.4 Å². The van der Waals surface area contributed by atoms with Crippen LogP contribution in [0.1, 0.15) is 58.4 Å². The summed E-state index contributed by atoms with van der Waals surface area (Å²) in [5, 5.41) is 7.49. The van der Waals surface area contributed by atoms with Crippen LogP contribution in [0.15, 0.2) is 29.3 Å². The van der Waals surface area contributed by atoms with Crippen molar-refractivity contribution in [3.05, 3.63) is 34.9 Å². The number of amides is 2. The molecule has 1 heterocycles. The number of carbonyl (C=O) groups excluding carboxylic acids is 3. The van der Waals surface area contributed by atoms with Crippen molar-refractivity contribution in [3.63, 3.8) is 0 Å². The maximum Gasteiger partial charge on any atom is 0.246 e. The second kappa shape index (κ2) is 14.1. The van der Waals surface area contributed by atoms with Crippen molar-refractivity contribution in [3.8, 4) is 5.75 Å². The topological polar surface area (TPSA) is 97.0 Å². The predicted molar refractivity (Wildman–Crippen MR) is 149 cm³/mol. The van der Waals surface area contributed by atoms with Crippen LogP contribution in [0.4, 0.5) is 0 Å². The van der Waals surface area contributed by atoms with E-state index in [1.165, 1.54) is 48.9 Å². The van der Waals surface area contributed by atoms with Gasteiger partial charge in [0.05, 0.1) is 12.7 Å². The molecule has 0 radical (unpaired) electrons. The number of methoxy groups -OCH3 is 1. The van der Waals surface area contributed by atoms with Gasteiger partial charge in [-0.3, -0.25) is 14.4 Å². The standard InChI is InChI=1S/C27H39N3O5S2/c1-27(2,3)35-30-23(18-37-24(30)15-31)26(33)29-22(17-36-16-20-8-6-5-7-9-20)25(32)28-14-19-10-12-21(34-4)13-11-19/h10-13,20,22-23H,5-9,14,16-18H2,1-4H3,(H,28,32)(H,29,33)/t22-,23+/m0/s1. The molecule has 1 aliphatic heterocycles. The van der Waals surface area contributed by atoms with Gasteiger partial charge in [0.2, 0.25) is 11.8 Å². The number of nitrogens with one attached hydrogen (secondary N) is 2. The first-order valence-corrected chi connectivity index (χ1v) is 15.0. The SMILES string of the molecule is COc1ccc(CNC(=O)[C@H](CSCC2CCCCC2)NC(=O)[C@H]2CSC(=C=O)N2OC(C)(C)C)cc1. The van der Waals surface area contributed by atoms with E-state index in [2.05, 4.69) is 10.6 Å². The molecule has 10 heteroatoms. The van der Waals surface area contributed by atoms with Crippen molar-refractivity contribution in [1.82, 2.24) is 15.7 Å². The predicted octanol–water partition coefficient (Wildman–Crippen LogP) is 3.93. The van der Waals surface area contributed by atoms with E-state index in [4.69, 9.17) is 9.57 Å². The molecule has 1 saturated carbocycles. The monoisotopic (exact) mass is 549 g/mol. The van der Waals surface area contributed by atoms with Crippen LogP contribution in [-0.2, 0) is 25.8 Å². The zero-order chi connectivity index (χ0) is 26.8. The number of benzene rings is 1. The van der Waals surface area contributed by atoms with Crippen LogP contribution in [-0.4, -0.2) is 64.9 Å². The average molecular weight is 550 g/mol. The Hall–Kier alpha value is -2.13. The summed E-state index contributed by atoms with van der Waals surface area (Å²) in [6, 6.07) is 6.07. The Bertz CT molecular complexity index is 954. The summed E-state index contributed by atoms with van der Waals surface area (Å²) in [5.74, 6) is 4.52. The first-order valence-electron chi connectivity index (χ1n) is 12.8. The van der Waals surface area contributed by atoms with E-state index in [1.54, 1.807) is 18.9 Å². The number of hydrogen-bond acceptors (Lipinski definition) is 8. The summed E-state index contributed by atoms with van der Waals surface area (Å²) in [6.07, 6.45) is 6.30. The zero-order valence-electron chi connectivity index (χ0n) is 22.2. The van der Waals surface area contributed by atoms with Crippen molar-refractivity contribution in [2.75, 3.05) is 24.4 Å². The van der Waals surface area contributed by atoms with Gasteiger partial charge in [-0.15, -0.1) is 0 Å². The minimum Gasteiger partial charge on any atom is -0.497 e. The average Bonchev–Trinajstić information content (AvgIpc) is 3.28. The summed E-state index contributed by atoms with van der Waals surface area (Å²) in [4.78, 5) is 43.9. The van der Waals surface area contributed by atoms with Crippen LogP contribution in [0.3, 0.4) is 0 Å². The largest absolute Gasteiger partial charge is 0.497 e. The highest BCUT2D eigenvalue weighted by molar-refractivity contribution is 8.03. The molecule has 1 aromatic carbocycles. The normalized spacial score (nSPS) is 19.3. The van der Waals surface area contributed by atoms with E-state index in [-0.39, 0.29) is 16.8 Å². The van der Waals surface area contributed by atoms with Crippen molar-refractivity contribution in [2.45, 2.75) is 77.1 Å². The first kappa shape index (κ1) is 29.4. The number of ether oxygens (including phenoxy) is 1. The second-order valence-electron chi connectivity index (χ2n) is 10.4. The molecular weight excluding hydrogens is 510 g/mol. The molecule has 2 atom stereocenters. The van der Waals surface area contributed by atoms with Gasteiger partial charge in [0.1, 0.15) is 17.8 Å². The summed E-state index contributed by atoms with van der Waals surface area (Å²) in [5.41, 5.74) is 0.336. The Balaban J connectivity index is 1.65. The number of rotatable bonds is 11. The Labute approximate surface area is 228 Å². The van der Waals surface area contributed by atoms with Crippen molar-refractivity contribution in [1.29, 1.82) is 0 Å². The lowest BCUT2D eigenvalue weighted by atomic mass is 9.91. The molecule has 2 N–H and O–H groups in total. The Morgan fingerprint density at radius 2 is 1.89 bits per heavy atom. The molecule has 37 heavy (non-hydrogen) atoms. The van der Waals surface area contributed by atoms with Gasteiger partial charge in [0.25, 0.3) is 0 Å². The Kier molecular flexibility index (Phi) is 11.2. The lowest BCUT2D eigenvalue weighted by Gasteiger charge is -2.31. The van der Waals surface area contributed by atoms with Crippen LogP contribution in [0.5, 0.6) is 5.75 Å². The van der Waals surface area contributed by atoms with Crippen LogP contribution < -0.4 is 15.4 Å². The third-order valence-electron chi connectivity index (χ3n) is 6.24. The summed E-state index contributed by atoms with van der Waals surface area (Å²) in [6.45, 7) is 5.90. The zero-order valence-corrected chi connectivity index (χ0v) is 23.8. The van der Waals surface area contributed by atoms with Gasteiger partial charge in [0.15, 0.2) is 11.0 Å². The van der Waals surface area contributed by atoms with Crippen LogP contribution in [0.25, 0.3) is 0 Å². The third-order valence-corrected chi connectivity index (χ3v) is 8.54. The smallest absolute Gasteiger partial charge is 0.246 e. The second-order valence-corrected chi connectivity index (χ2v) is 12.5. The van der Waals surface area contributed by atoms with Crippen LogP contribution in [0.2, 0.25) is 0 Å². The summed E-state index contributed by atoms with van der Waals surface area (Å²) < 4.78 is 5.19. The fourth-order valence-corrected chi connectivity index (χ4v) is 6.53. The van der Waals surface area contributed by atoms with Gasteiger partial charge in [0, 0.05) is 18.1 Å². The molecule has 204 valence electrons. The lowest BCUT2D eigenvalue weighted by Crippen LogP contribution is -2.54. The molecule has 8 nitrogen and oxygen atoms in total. The van der Waals surface area contributed by atoms with Gasteiger partial charge in [-0.25, -0.2) is 9.86 Å². The van der Waals surface area contributed by atoms with E-state index in [0.717, 1.165) is 17.1 Å². The van der Waals surface area contributed by atoms with Crippen molar-refractivity contribution >= 4 is 41.3 Å². The van der Waals surface area contributed by atoms with E-state index in [9.17, 15) is 14.4 Å². The Morgan fingerprint density at radius 3 is 2.51 bits per heavy atom. The molecule has 3 rings (SSSR count). The van der Waals surface area contributed by atoms with Gasteiger partial charge in [-0.05, 0) is 63.0 Å². The minimum atomic E-state index is -0.721. The number of nitrogens with zero attached hydrogens (tertiary/aromatic N) is 1. The molecule has 2 aliphatic rings. The van der Waals surface area contributed by atoms with Crippen LogP contribution in [0, 0.1) is 5.92 Å². The number of carbonyl (C=O) groups is 2. The van der Waals surface area contributed by atoms with Gasteiger partial charge in [-0.1, -0.05) is 43.2 Å². The highest BCUT2D eigenvalue weighted by atomic mass is 32.2. The molecule has 2 fully saturated rings.